The second kappa shape index (κ2) is 7.03. The van der Waals surface area contributed by atoms with Crippen molar-refractivity contribution >= 4 is 17.3 Å². The van der Waals surface area contributed by atoms with E-state index in [0.29, 0.717) is 24.1 Å². The van der Waals surface area contributed by atoms with E-state index in [1.54, 1.807) is 13.0 Å². The van der Waals surface area contributed by atoms with Crippen LogP contribution < -0.4 is 15.8 Å². The maximum atomic E-state index is 11.2. The molecule has 110 valence electrons. The number of nitrogen functional groups attached to an aromatic ring is 1. The zero-order valence-corrected chi connectivity index (χ0v) is 11.9. The van der Waals surface area contributed by atoms with Crippen LogP contribution in [0.3, 0.4) is 0 Å². The number of rotatable bonds is 6. The van der Waals surface area contributed by atoms with Gasteiger partial charge in [0, 0.05) is 12.1 Å². The van der Waals surface area contributed by atoms with Crippen molar-refractivity contribution in [2.45, 2.75) is 38.6 Å². The maximum absolute atomic E-state index is 11.2. The lowest BCUT2D eigenvalue weighted by Crippen LogP contribution is -2.16. The van der Waals surface area contributed by atoms with Crippen LogP contribution in [0.15, 0.2) is 18.2 Å². The van der Waals surface area contributed by atoms with Gasteiger partial charge in [-0.2, -0.15) is 0 Å². The van der Waals surface area contributed by atoms with E-state index >= 15 is 0 Å². The third-order valence-corrected chi connectivity index (χ3v) is 3.40. The second-order valence-corrected chi connectivity index (χ2v) is 4.97. The van der Waals surface area contributed by atoms with Gasteiger partial charge in [0.25, 0.3) is 0 Å². The first kappa shape index (κ1) is 14.5. The van der Waals surface area contributed by atoms with Crippen LogP contribution in [0.25, 0.3) is 0 Å². The van der Waals surface area contributed by atoms with Gasteiger partial charge < -0.3 is 20.5 Å². The van der Waals surface area contributed by atoms with Crippen LogP contribution in [0.5, 0.6) is 5.75 Å². The molecule has 0 atom stereocenters. The number of benzene rings is 1. The Morgan fingerprint density at radius 2 is 2.15 bits per heavy atom. The smallest absolute Gasteiger partial charge is 0.344 e. The molecule has 1 aromatic rings. The van der Waals surface area contributed by atoms with Gasteiger partial charge in [-0.05, 0) is 31.9 Å². The topological polar surface area (TPSA) is 73.6 Å². The highest BCUT2D eigenvalue weighted by atomic mass is 16.6. The highest BCUT2D eigenvalue weighted by molar-refractivity contribution is 5.72. The summed E-state index contributed by atoms with van der Waals surface area (Å²) in [6.45, 7) is 2.02. The fraction of sp³-hybridized carbons (Fsp3) is 0.533. The Labute approximate surface area is 119 Å². The van der Waals surface area contributed by atoms with Crippen molar-refractivity contribution in [3.8, 4) is 5.75 Å². The van der Waals surface area contributed by atoms with Gasteiger partial charge in [0.05, 0.1) is 18.0 Å². The maximum Gasteiger partial charge on any atom is 0.344 e. The van der Waals surface area contributed by atoms with Crippen molar-refractivity contribution in [2.24, 2.45) is 0 Å². The number of anilines is 2. The lowest BCUT2D eigenvalue weighted by atomic mass is 10.2. The lowest BCUT2D eigenvalue weighted by Gasteiger charge is -2.16. The summed E-state index contributed by atoms with van der Waals surface area (Å²) >= 11 is 0. The first-order valence-corrected chi connectivity index (χ1v) is 7.13. The SMILES string of the molecule is CCOC(=O)COc1ccc(NC2CCCC2)c(N)c1. The van der Waals surface area contributed by atoms with Crippen LogP contribution in [0.4, 0.5) is 11.4 Å². The Hall–Kier alpha value is -1.91. The van der Waals surface area contributed by atoms with E-state index in [1.165, 1.54) is 25.7 Å². The van der Waals surface area contributed by atoms with Crippen molar-refractivity contribution in [3.05, 3.63) is 18.2 Å². The minimum absolute atomic E-state index is 0.0946. The second-order valence-electron chi connectivity index (χ2n) is 4.97. The van der Waals surface area contributed by atoms with Gasteiger partial charge >= 0.3 is 5.97 Å². The summed E-state index contributed by atoms with van der Waals surface area (Å²) in [5, 5.41) is 3.45. The molecule has 5 nitrogen and oxygen atoms in total. The molecule has 1 aromatic carbocycles. The van der Waals surface area contributed by atoms with Crippen LogP contribution in [0.1, 0.15) is 32.6 Å². The molecule has 0 radical (unpaired) electrons. The first-order valence-electron chi connectivity index (χ1n) is 7.13. The van der Waals surface area contributed by atoms with E-state index in [0.717, 1.165) is 5.69 Å². The Bertz CT molecular complexity index is 456. The molecule has 0 bridgehead atoms. The molecular weight excluding hydrogens is 256 g/mol. The third kappa shape index (κ3) is 4.05. The van der Waals surface area contributed by atoms with Gasteiger partial charge in [0.15, 0.2) is 6.61 Å². The average molecular weight is 278 g/mol. The number of esters is 1. The van der Waals surface area contributed by atoms with Gasteiger partial charge in [0.2, 0.25) is 0 Å². The van der Waals surface area contributed by atoms with E-state index < -0.39 is 0 Å². The molecule has 0 amide bonds. The number of ether oxygens (including phenoxy) is 2. The van der Waals surface area contributed by atoms with Crippen LogP contribution >= 0.6 is 0 Å². The van der Waals surface area contributed by atoms with E-state index in [9.17, 15) is 4.79 Å². The average Bonchev–Trinajstić information content (AvgIpc) is 2.92. The zero-order valence-electron chi connectivity index (χ0n) is 11.9. The molecule has 5 heteroatoms. The molecule has 1 saturated carbocycles. The number of carbonyl (C=O) groups is 1. The van der Waals surface area contributed by atoms with Gasteiger partial charge in [-0.25, -0.2) is 4.79 Å². The molecule has 20 heavy (non-hydrogen) atoms. The highest BCUT2D eigenvalue weighted by Gasteiger charge is 2.15. The quantitative estimate of drug-likeness (QED) is 0.618. The van der Waals surface area contributed by atoms with Crippen LogP contribution in [0.2, 0.25) is 0 Å². The normalized spacial score (nSPS) is 15.1. The number of carbonyl (C=O) groups excluding carboxylic acids is 1. The van der Waals surface area contributed by atoms with Crippen LogP contribution in [-0.4, -0.2) is 25.2 Å². The number of hydrogen-bond acceptors (Lipinski definition) is 5. The van der Waals surface area contributed by atoms with Crippen molar-refractivity contribution in [1.82, 2.24) is 0 Å². The fourth-order valence-electron chi connectivity index (χ4n) is 2.40. The molecule has 0 aliphatic heterocycles. The van der Waals surface area contributed by atoms with Crippen LogP contribution in [-0.2, 0) is 9.53 Å². The Kier molecular flexibility index (Phi) is 5.09. The molecule has 1 aliphatic rings. The number of nitrogens with two attached hydrogens (primary N) is 1. The van der Waals surface area contributed by atoms with Crippen LogP contribution in [0, 0.1) is 0 Å². The summed E-state index contributed by atoms with van der Waals surface area (Å²) in [5.41, 5.74) is 7.57. The van der Waals surface area contributed by atoms with Gasteiger partial charge in [-0.3, -0.25) is 0 Å². The van der Waals surface area contributed by atoms with Gasteiger partial charge in [-0.15, -0.1) is 0 Å². The minimum Gasteiger partial charge on any atom is -0.482 e. The lowest BCUT2D eigenvalue weighted by molar-refractivity contribution is -0.145. The predicted octanol–water partition coefficient (Wildman–Crippen LogP) is 2.57. The third-order valence-electron chi connectivity index (χ3n) is 3.40. The molecule has 1 aliphatic carbocycles. The monoisotopic (exact) mass is 278 g/mol. The molecule has 0 saturated heterocycles. The molecule has 0 spiro atoms. The largest absolute Gasteiger partial charge is 0.482 e. The zero-order chi connectivity index (χ0) is 14.4. The molecule has 0 aromatic heterocycles. The van der Waals surface area contributed by atoms with Crippen molar-refractivity contribution < 1.29 is 14.3 Å². The van der Waals surface area contributed by atoms with E-state index in [1.807, 2.05) is 12.1 Å². The molecule has 0 heterocycles. The van der Waals surface area contributed by atoms with Crippen molar-refractivity contribution in [3.63, 3.8) is 0 Å². The highest BCUT2D eigenvalue weighted by Crippen LogP contribution is 2.28. The van der Waals surface area contributed by atoms with Crippen molar-refractivity contribution in [1.29, 1.82) is 0 Å². The first-order chi connectivity index (χ1) is 9.69. The van der Waals surface area contributed by atoms with E-state index in [4.69, 9.17) is 15.2 Å². The summed E-state index contributed by atoms with van der Waals surface area (Å²) in [7, 11) is 0. The molecule has 1 fully saturated rings. The standard InChI is InChI=1S/C15H22N2O3/c1-2-19-15(18)10-20-12-7-8-14(13(16)9-12)17-11-5-3-4-6-11/h7-9,11,17H,2-6,10,16H2,1H3. The summed E-state index contributed by atoms with van der Waals surface area (Å²) < 4.78 is 10.1. The molecule has 2 rings (SSSR count). The number of nitrogens with one attached hydrogen (secondary N) is 1. The summed E-state index contributed by atoms with van der Waals surface area (Å²) in [5.74, 6) is 0.201. The Morgan fingerprint density at radius 1 is 1.40 bits per heavy atom. The summed E-state index contributed by atoms with van der Waals surface area (Å²) in [4.78, 5) is 11.2. The Balaban J connectivity index is 1.89. The summed E-state index contributed by atoms with van der Waals surface area (Å²) in [6, 6.07) is 5.96. The summed E-state index contributed by atoms with van der Waals surface area (Å²) in [6.07, 6.45) is 4.94. The molecule has 0 unspecified atom stereocenters. The van der Waals surface area contributed by atoms with Gasteiger partial charge in [0.1, 0.15) is 5.75 Å². The predicted molar refractivity (Wildman–Crippen MR) is 78.9 cm³/mol. The van der Waals surface area contributed by atoms with Crippen molar-refractivity contribution in [2.75, 3.05) is 24.3 Å². The molecular formula is C15H22N2O3. The number of hydrogen-bond donors (Lipinski definition) is 2. The minimum atomic E-state index is -0.376. The fourth-order valence-corrected chi connectivity index (χ4v) is 2.40. The van der Waals surface area contributed by atoms with Gasteiger partial charge in [-0.1, -0.05) is 12.8 Å². The van der Waals surface area contributed by atoms with E-state index in [2.05, 4.69) is 5.32 Å². The Morgan fingerprint density at radius 3 is 2.80 bits per heavy atom. The molecule has 3 N–H and O–H groups in total. The van der Waals surface area contributed by atoms with E-state index in [-0.39, 0.29) is 12.6 Å².